The number of nitrogens with one attached hydrogen (secondary N) is 1. The van der Waals surface area contributed by atoms with E-state index in [0.717, 1.165) is 12.2 Å². The molecule has 0 bridgehead atoms. The van der Waals surface area contributed by atoms with Gasteiger partial charge < -0.3 is 14.5 Å². The van der Waals surface area contributed by atoms with Gasteiger partial charge in [0, 0.05) is 6.04 Å². The molecule has 1 aromatic carbocycles. The van der Waals surface area contributed by atoms with Gasteiger partial charge in [0.25, 0.3) is 5.91 Å². The van der Waals surface area contributed by atoms with E-state index in [1.54, 1.807) is 12.1 Å². The third-order valence-electron chi connectivity index (χ3n) is 3.02. The minimum atomic E-state index is -0.205. The van der Waals surface area contributed by atoms with Gasteiger partial charge in [-0.1, -0.05) is 19.1 Å². The molecule has 4 nitrogen and oxygen atoms in total. The van der Waals surface area contributed by atoms with Gasteiger partial charge in [-0.3, -0.25) is 4.79 Å². The summed E-state index contributed by atoms with van der Waals surface area (Å²) in [5, 5.41) is 2.79. The van der Waals surface area contributed by atoms with Crippen LogP contribution in [-0.4, -0.2) is 11.9 Å². The third kappa shape index (κ3) is 4.38. The Morgan fingerprint density at radius 3 is 2.52 bits per heavy atom. The Kier molecular flexibility index (Phi) is 5.04. The molecule has 0 atom stereocenters. The number of rotatable bonds is 6. The van der Waals surface area contributed by atoms with Crippen LogP contribution in [0.5, 0.6) is 5.75 Å². The van der Waals surface area contributed by atoms with Crippen molar-refractivity contribution in [1.29, 1.82) is 0 Å². The first-order valence-corrected chi connectivity index (χ1v) is 7.19. The highest BCUT2D eigenvalue weighted by atomic mass is 16.5. The Morgan fingerprint density at radius 1 is 1.19 bits per heavy atom. The van der Waals surface area contributed by atoms with Gasteiger partial charge in [-0.2, -0.15) is 0 Å². The average molecular weight is 287 g/mol. The lowest BCUT2D eigenvalue weighted by Gasteiger charge is -2.06. The van der Waals surface area contributed by atoms with E-state index >= 15 is 0 Å². The quantitative estimate of drug-likeness (QED) is 0.883. The molecule has 1 aromatic heterocycles. The van der Waals surface area contributed by atoms with Crippen LogP contribution in [0.25, 0.3) is 0 Å². The van der Waals surface area contributed by atoms with Crippen LogP contribution >= 0.6 is 0 Å². The molecule has 1 N–H and O–H groups in total. The third-order valence-corrected chi connectivity index (χ3v) is 3.02. The van der Waals surface area contributed by atoms with Crippen molar-refractivity contribution >= 4 is 5.91 Å². The Morgan fingerprint density at radius 2 is 1.90 bits per heavy atom. The fourth-order valence-electron chi connectivity index (χ4n) is 1.89. The Labute approximate surface area is 125 Å². The van der Waals surface area contributed by atoms with Gasteiger partial charge in [-0.05, 0) is 50.1 Å². The van der Waals surface area contributed by atoms with Gasteiger partial charge >= 0.3 is 0 Å². The van der Waals surface area contributed by atoms with Gasteiger partial charge in [0.1, 0.15) is 18.1 Å². The summed E-state index contributed by atoms with van der Waals surface area (Å²) in [4.78, 5) is 11.8. The second-order valence-electron chi connectivity index (χ2n) is 5.18. The molecule has 0 aliphatic carbocycles. The first-order valence-electron chi connectivity index (χ1n) is 7.19. The Balaban J connectivity index is 1.91. The van der Waals surface area contributed by atoms with Crippen LogP contribution in [0.1, 0.15) is 42.6 Å². The predicted molar refractivity (Wildman–Crippen MR) is 81.5 cm³/mol. The van der Waals surface area contributed by atoms with E-state index in [4.69, 9.17) is 9.15 Å². The van der Waals surface area contributed by atoms with Crippen LogP contribution in [0.2, 0.25) is 0 Å². The Bertz CT molecular complexity index is 584. The lowest BCUT2D eigenvalue weighted by molar-refractivity contribution is 0.0911. The summed E-state index contributed by atoms with van der Waals surface area (Å²) in [5.74, 6) is 1.52. The van der Waals surface area contributed by atoms with Gasteiger partial charge in [-0.25, -0.2) is 0 Å². The summed E-state index contributed by atoms with van der Waals surface area (Å²) in [6.07, 6.45) is 1.01. The van der Waals surface area contributed by atoms with E-state index in [1.807, 2.05) is 38.1 Å². The first-order chi connectivity index (χ1) is 10.1. The van der Waals surface area contributed by atoms with Crippen LogP contribution < -0.4 is 10.1 Å². The highest BCUT2D eigenvalue weighted by Crippen LogP contribution is 2.16. The zero-order chi connectivity index (χ0) is 15.2. The van der Waals surface area contributed by atoms with Gasteiger partial charge in [0.05, 0.1) is 0 Å². The van der Waals surface area contributed by atoms with Crippen LogP contribution in [0.4, 0.5) is 0 Å². The van der Waals surface area contributed by atoms with Gasteiger partial charge in [0.15, 0.2) is 5.76 Å². The topological polar surface area (TPSA) is 51.5 Å². The van der Waals surface area contributed by atoms with Crippen LogP contribution in [0, 0.1) is 0 Å². The fraction of sp³-hybridized carbons (Fsp3) is 0.353. The molecule has 112 valence electrons. The molecule has 1 amide bonds. The summed E-state index contributed by atoms with van der Waals surface area (Å²) in [7, 11) is 0. The molecule has 0 saturated carbocycles. The van der Waals surface area contributed by atoms with Gasteiger partial charge in [-0.15, -0.1) is 0 Å². The minimum absolute atomic E-state index is 0.0828. The minimum Gasteiger partial charge on any atom is -0.486 e. The van der Waals surface area contributed by atoms with Crippen molar-refractivity contribution in [2.45, 2.75) is 39.8 Å². The van der Waals surface area contributed by atoms with Crippen LogP contribution in [0.3, 0.4) is 0 Å². The summed E-state index contributed by atoms with van der Waals surface area (Å²) in [6, 6.07) is 11.5. The molecule has 0 fully saturated rings. The first kappa shape index (κ1) is 15.2. The van der Waals surface area contributed by atoms with Crippen molar-refractivity contribution in [1.82, 2.24) is 5.32 Å². The zero-order valence-corrected chi connectivity index (χ0v) is 12.7. The van der Waals surface area contributed by atoms with Crippen molar-refractivity contribution in [2.75, 3.05) is 0 Å². The number of hydrogen-bond acceptors (Lipinski definition) is 3. The molecule has 0 spiro atoms. The second-order valence-corrected chi connectivity index (χ2v) is 5.18. The molecule has 0 radical (unpaired) electrons. The molecule has 2 aromatic rings. The summed E-state index contributed by atoms with van der Waals surface area (Å²) >= 11 is 0. The molecule has 4 heteroatoms. The van der Waals surface area contributed by atoms with E-state index in [0.29, 0.717) is 18.1 Å². The molecular formula is C17H21NO3. The highest BCUT2D eigenvalue weighted by Gasteiger charge is 2.12. The number of carbonyl (C=O) groups excluding carboxylic acids is 1. The average Bonchev–Trinajstić information content (AvgIpc) is 2.94. The number of amides is 1. The molecule has 2 rings (SSSR count). The lowest BCUT2D eigenvalue weighted by Crippen LogP contribution is -2.29. The molecule has 21 heavy (non-hydrogen) atoms. The van der Waals surface area contributed by atoms with E-state index in [9.17, 15) is 4.79 Å². The van der Waals surface area contributed by atoms with Crippen LogP contribution in [0.15, 0.2) is 40.8 Å². The SMILES string of the molecule is CCc1ccc(OCc2ccc(C(=O)NC(C)C)o2)cc1. The maximum Gasteiger partial charge on any atom is 0.287 e. The van der Waals surface area contributed by atoms with Gasteiger partial charge in [0.2, 0.25) is 0 Å². The summed E-state index contributed by atoms with van der Waals surface area (Å²) < 4.78 is 11.1. The van der Waals surface area contributed by atoms with E-state index in [-0.39, 0.29) is 11.9 Å². The number of benzene rings is 1. The van der Waals surface area contributed by atoms with E-state index in [2.05, 4.69) is 12.2 Å². The van der Waals surface area contributed by atoms with Crippen molar-refractivity contribution in [3.8, 4) is 5.75 Å². The van der Waals surface area contributed by atoms with E-state index < -0.39 is 0 Å². The fourth-order valence-corrected chi connectivity index (χ4v) is 1.89. The lowest BCUT2D eigenvalue weighted by atomic mass is 10.2. The number of aryl methyl sites for hydroxylation is 1. The molecule has 1 heterocycles. The number of carbonyl (C=O) groups is 1. The molecule has 0 aliphatic heterocycles. The van der Waals surface area contributed by atoms with Crippen molar-refractivity contribution in [3.05, 3.63) is 53.5 Å². The van der Waals surface area contributed by atoms with Crippen LogP contribution in [-0.2, 0) is 13.0 Å². The highest BCUT2D eigenvalue weighted by molar-refractivity contribution is 5.91. The standard InChI is InChI=1S/C17H21NO3/c1-4-13-5-7-14(8-6-13)20-11-15-9-10-16(21-15)17(19)18-12(2)3/h5-10,12H,4,11H2,1-3H3,(H,18,19). The maximum absolute atomic E-state index is 11.8. The molecular weight excluding hydrogens is 266 g/mol. The largest absolute Gasteiger partial charge is 0.486 e. The number of furan rings is 1. The van der Waals surface area contributed by atoms with E-state index in [1.165, 1.54) is 5.56 Å². The van der Waals surface area contributed by atoms with Crippen molar-refractivity contribution in [2.24, 2.45) is 0 Å². The summed E-state index contributed by atoms with van der Waals surface area (Å²) in [5.41, 5.74) is 1.27. The van der Waals surface area contributed by atoms with Crippen molar-refractivity contribution < 1.29 is 13.9 Å². The summed E-state index contributed by atoms with van der Waals surface area (Å²) in [6.45, 7) is 6.23. The monoisotopic (exact) mass is 287 g/mol. The molecule has 0 unspecified atom stereocenters. The number of hydrogen-bond donors (Lipinski definition) is 1. The zero-order valence-electron chi connectivity index (χ0n) is 12.7. The normalized spacial score (nSPS) is 10.7. The number of ether oxygens (including phenoxy) is 1. The smallest absolute Gasteiger partial charge is 0.287 e. The van der Waals surface area contributed by atoms with Crippen molar-refractivity contribution in [3.63, 3.8) is 0 Å². The second kappa shape index (κ2) is 6.97. The Hall–Kier alpha value is -2.23. The molecule has 0 aliphatic rings. The predicted octanol–water partition coefficient (Wildman–Crippen LogP) is 3.56. The molecule has 0 saturated heterocycles. The maximum atomic E-state index is 11.8.